The third kappa shape index (κ3) is 6.06. The van der Waals surface area contributed by atoms with Gasteiger partial charge in [-0.2, -0.15) is 17.9 Å². The Labute approximate surface area is 209 Å². The number of nitrogens with one attached hydrogen (secondary N) is 1. The van der Waals surface area contributed by atoms with Gasteiger partial charge in [-0.05, 0) is 52.4 Å². The van der Waals surface area contributed by atoms with Gasteiger partial charge >= 0.3 is 6.18 Å². The zero-order chi connectivity index (χ0) is 24.3. The van der Waals surface area contributed by atoms with Crippen LogP contribution in [0.2, 0.25) is 10.0 Å². The fourth-order valence-corrected chi connectivity index (χ4v) is 4.75. The maximum absolute atomic E-state index is 13.1. The van der Waals surface area contributed by atoms with Gasteiger partial charge in [-0.25, -0.2) is 4.98 Å². The summed E-state index contributed by atoms with van der Waals surface area (Å²) in [5.41, 5.74) is 0.239. The molecule has 2 aromatic carbocycles. The summed E-state index contributed by atoms with van der Waals surface area (Å²) in [6.45, 7) is 0. The Bertz CT molecular complexity index is 1310. The molecule has 34 heavy (non-hydrogen) atoms. The predicted octanol–water partition coefficient (Wildman–Crippen LogP) is 5.77. The number of hydrogen-bond acceptors (Lipinski definition) is 7. The molecule has 0 radical (unpaired) electrons. The number of thioether (sulfide) groups is 1. The summed E-state index contributed by atoms with van der Waals surface area (Å²) in [4.78, 5) is 17.2. The van der Waals surface area contributed by atoms with Crippen molar-refractivity contribution >= 4 is 57.3 Å². The van der Waals surface area contributed by atoms with E-state index in [-0.39, 0.29) is 23.1 Å². The third-order valence-corrected chi connectivity index (χ3v) is 6.77. The molecule has 14 heteroatoms. The molecule has 0 bridgehead atoms. The van der Waals surface area contributed by atoms with Gasteiger partial charge in [0.2, 0.25) is 11.1 Å². The topological polar surface area (TPSA) is 85.6 Å². The standard InChI is InChI=1S/C20H13Cl2F3N6OS2/c21-12-2-4-13(5-3-12)31-19(28-29-30-31)33-10-17(32)27-18-26-9-14(34-18)7-11-1-6-16(22)15(8-11)20(23,24)25/h1-6,8-9H,7,10H2,(H,26,27,32). The molecule has 1 amide bonds. The molecule has 0 aliphatic carbocycles. The molecule has 4 rings (SSSR count). The van der Waals surface area contributed by atoms with E-state index in [0.717, 1.165) is 17.8 Å². The quantitative estimate of drug-likeness (QED) is 0.297. The normalized spacial score (nSPS) is 11.6. The number of thiazole rings is 1. The first kappa shape index (κ1) is 24.5. The van der Waals surface area contributed by atoms with Crippen molar-refractivity contribution < 1.29 is 18.0 Å². The molecule has 4 aromatic rings. The first-order valence-electron chi connectivity index (χ1n) is 9.46. The molecule has 176 valence electrons. The van der Waals surface area contributed by atoms with Crippen LogP contribution < -0.4 is 5.32 Å². The van der Waals surface area contributed by atoms with Crippen LogP contribution in [0.25, 0.3) is 5.69 Å². The highest BCUT2D eigenvalue weighted by atomic mass is 35.5. The summed E-state index contributed by atoms with van der Waals surface area (Å²) < 4.78 is 40.7. The SMILES string of the molecule is O=C(CSc1nnnn1-c1ccc(Cl)cc1)Nc1ncc(Cc2ccc(Cl)c(C(F)(F)F)c2)s1. The highest BCUT2D eigenvalue weighted by Gasteiger charge is 2.33. The van der Waals surface area contributed by atoms with Crippen LogP contribution in [0.5, 0.6) is 0 Å². The number of halogens is 5. The van der Waals surface area contributed by atoms with E-state index in [0.29, 0.717) is 31.4 Å². The van der Waals surface area contributed by atoms with Crippen molar-refractivity contribution in [1.82, 2.24) is 25.2 Å². The van der Waals surface area contributed by atoms with Crippen LogP contribution in [-0.4, -0.2) is 36.9 Å². The molecular formula is C20H13Cl2F3N6OS2. The van der Waals surface area contributed by atoms with E-state index in [2.05, 4.69) is 25.8 Å². The summed E-state index contributed by atoms with van der Waals surface area (Å²) >= 11 is 13.9. The van der Waals surface area contributed by atoms with Crippen molar-refractivity contribution in [3.8, 4) is 5.69 Å². The lowest BCUT2D eigenvalue weighted by Crippen LogP contribution is -2.14. The van der Waals surface area contributed by atoms with Crippen LogP contribution in [-0.2, 0) is 17.4 Å². The average molecular weight is 545 g/mol. The molecule has 0 atom stereocenters. The maximum atomic E-state index is 13.1. The molecule has 0 aliphatic rings. The largest absolute Gasteiger partial charge is 0.417 e. The van der Waals surface area contributed by atoms with Crippen LogP contribution in [0.15, 0.2) is 53.8 Å². The van der Waals surface area contributed by atoms with Crippen molar-refractivity contribution in [1.29, 1.82) is 0 Å². The predicted molar refractivity (Wildman–Crippen MR) is 125 cm³/mol. The van der Waals surface area contributed by atoms with Gasteiger partial charge in [0.25, 0.3) is 0 Å². The Hall–Kier alpha value is -2.67. The molecule has 0 saturated carbocycles. The van der Waals surface area contributed by atoms with E-state index in [1.807, 2.05) is 0 Å². The number of aromatic nitrogens is 5. The number of benzene rings is 2. The smallest absolute Gasteiger partial charge is 0.301 e. The van der Waals surface area contributed by atoms with E-state index in [1.54, 1.807) is 24.3 Å². The van der Waals surface area contributed by atoms with Crippen molar-refractivity contribution in [2.45, 2.75) is 17.8 Å². The van der Waals surface area contributed by atoms with Gasteiger partial charge in [-0.15, -0.1) is 16.4 Å². The second-order valence-corrected chi connectivity index (χ2v) is 9.71. The van der Waals surface area contributed by atoms with Crippen molar-refractivity contribution in [2.24, 2.45) is 0 Å². The van der Waals surface area contributed by atoms with Gasteiger partial charge in [0.05, 0.1) is 22.0 Å². The lowest BCUT2D eigenvalue weighted by Gasteiger charge is -2.10. The molecular weight excluding hydrogens is 532 g/mol. The number of amides is 1. The lowest BCUT2D eigenvalue weighted by molar-refractivity contribution is -0.137. The van der Waals surface area contributed by atoms with Gasteiger partial charge in [-0.3, -0.25) is 4.79 Å². The minimum absolute atomic E-state index is 0.0228. The number of tetrazole rings is 1. The first-order valence-corrected chi connectivity index (χ1v) is 12.0. The van der Waals surface area contributed by atoms with E-state index in [4.69, 9.17) is 23.2 Å². The highest BCUT2D eigenvalue weighted by molar-refractivity contribution is 7.99. The highest BCUT2D eigenvalue weighted by Crippen LogP contribution is 2.35. The van der Waals surface area contributed by atoms with Crippen molar-refractivity contribution in [3.63, 3.8) is 0 Å². The van der Waals surface area contributed by atoms with Crippen LogP contribution in [0, 0.1) is 0 Å². The van der Waals surface area contributed by atoms with Gasteiger partial charge < -0.3 is 5.32 Å². The monoisotopic (exact) mass is 544 g/mol. The summed E-state index contributed by atoms with van der Waals surface area (Å²) in [6.07, 6.45) is -2.81. The number of rotatable bonds is 7. The molecule has 0 fully saturated rings. The molecule has 2 aromatic heterocycles. The third-order valence-electron chi connectivity index (χ3n) is 4.36. The molecule has 0 saturated heterocycles. The Morgan fingerprint density at radius 1 is 1.15 bits per heavy atom. The number of carbonyl (C=O) groups excluding carboxylic acids is 1. The van der Waals surface area contributed by atoms with E-state index in [9.17, 15) is 18.0 Å². The Balaban J connectivity index is 1.35. The minimum Gasteiger partial charge on any atom is -0.301 e. The van der Waals surface area contributed by atoms with Gasteiger partial charge in [0.15, 0.2) is 5.13 Å². The Morgan fingerprint density at radius 3 is 2.65 bits per heavy atom. The summed E-state index contributed by atoms with van der Waals surface area (Å²) in [5.74, 6) is -0.308. The number of carbonyl (C=O) groups is 1. The molecule has 0 aliphatic heterocycles. The molecule has 7 nitrogen and oxygen atoms in total. The average Bonchev–Trinajstić information content (AvgIpc) is 3.43. The molecule has 0 spiro atoms. The minimum atomic E-state index is -4.54. The molecule has 1 N–H and O–H groups in total. The van der Waals surface area contributed by atoms with E-state index >= 15 is 0 Å². The fraction of sp³-hybridized carbons (Fsp3) is 0.150. The van der Waals surface area contributed by atoms with Crippen LogP contribution >= 0.6 is 46.3 Å². The summed E-state index contributed by atoms with van der Waals surface area (Å²) in [7, 11) is 0. The Kier molecular flexibility index (Phi) is 7.41. The zero-order valence-corrected chi connectivity index (χ0v) is 20.0. The van der Waals surface area contributed by atoms with Crippen molar-refractivity contribution in [2.75, 3.05) is 11.1 Å². The fourth-order valence-electron chi connectivity index (χ4n) is 2.85. The summed E-state index contributed by atoms with van der Waals surface area (Å²) in [6, 6.07) is 10.7. The first-order chi connectivity index (χ1) is 16.2. The van der Waals surface area contributed by atoms with E-state index < -0.39 is 11.7 Å². The second kappa shape index (κ2) is 10.3. The van der Waals surface area contributed by atoms with Crippen LogP contribution in [0.3, 0.4) is 0 Å². The Morgan fingerprint density at radius 2 is 1.91 bits per heavy atom. The van der Waals surface area contributed by atoms with Gasteiger partial charge in [0.1, 0.15) is 0 Å². The van der Waals surface area contributed by atoms with Crippen LogP contribution in [0.1, 0.15) is 16.0 Å². The van der Waals surface area contributed by atoms with Gasteiger partial charge in [0, 0.05) is 22.5 Å². The number of nitrogens with zero attached hydrogens (tertiary/aromatic N) is 5. The van der Waals surface area contributed by atoms with Crippen molar-refractivity contribution in [3.05, 3.63) is 74.7 Å². The zero-order valence-electron chi connectivity index (χ0n) is 16.9. The number of alkyl halides is 3. The second-order valence-electron chi connectivity index (χ2n) is 6.81. The maximum Gasteiger partial charge on any atom is 0.417 e. The molecule has 2 heterocycles. The van der Waals surface area contributed by atoms with Gasteiger partial charge in [-0.1, -0.05) is 41.0 Å². The number of anilines is 1. The summed E-state index contributed by atoms with van der Waals surface area (Å²) in [5, 5.41) is 15.1. The lowest BCUT2D eigenvalue weighted by atomic mass is 10.1. The molecule has 0 unspecified atom stereocenters. The van der Waals surface area contributed by atoms with Crippen LogP contribution in [0.4, 0.5) is 18.3 Å². The van der Waals surface area contributed by atoms with E-state index in [1.165, 1.54) is 34.3 Å². The number of hydrogen-bond donors (Lipinski definition) is 1.